The van der Waals surface area contributed by atoms with E-state index in [0.29, 0.717) is 5.92 Å². The van der Waals surface area contributed by atoms with Gasteiger partial charge in [0.1, 0.15) is 5.82 Å². The number of benzene rings is 1. The van der Waals surface area contributed by atoms with Gasteiger partial charge in [-0.25, -0.2) is 4.39 Å². The average Bonchev–Trinajstić information content (AvgIpc) is 2.74. The Hall–Kier alpha value is -0.890. The van der Waals surface area contributed by atoms with Crippen molar-refractivity contribution in [3.8, 4) is 0 Å². The first-order valence-corrected chi connectivity index (χ1v) is 6.18. The third-order valence-electron chi connectivity index (χ3n) is 4.25. The molecule has 0 aromatic heterocycles. The van der Waals surface area contributed by atoms with Crippen LogP contribution in [0.1, 0.15) is 38.2 Å². The normalized spacial score (nSPS) is 23.6. The van der Waals surface area contributed by atoms with Gasteiger partial charge in [0.15, 0.2) is 0 Å². The molecule has 1 aliphatic heterocycles. The number of hydrogen-bond donors (Lipinski definition) is 1. The molecule has 0 unspecified atom stereocenters. The summed E-state index contributed by atoms with van der Waals surface area (Å²) in [4.78, 5) is 0. The van der Waals surface area contributed by atoms with Crippen LogP contribution in [-0.2, 0) is 0 Å². The van der Waals surface area contributed by atoms with Crippen molar-refractivity contribution >= 4 is 0 Å². The maximum absolute atomic E-state index is 13.8. The lowest BCUT2D eigenvalue weighted by atomic mass is 9.71. The molecule has 1 nitrogen and oxygen atoms in total. The van der Waals surface area contributed by atoms with Crippen molar-refractivity contribution in [2.45, 2.75) is 32.6 Å². The van der Waals surface area contributed by atoms with Gasteiger partial charge in [-0.1, -0.05) is 32.0 Å². The highest BCUT2D eigenvalue weighted by atomic mass is 19.1. The van der Waals surface area contributed by atoms with E-state index in [-0.39, 0.29) is 11.2 Å². The molecule has 1 aromatic carbocycles. The molecule has 16 heavy (non-hydrogen) atoms. The molecule has 0 saturated carbocycles. The summed E-state index contributed by atoms with van der Waals surface area (Å²) in [6, 6.07) is 7.21. The topological polar surface area (TPSA) is 12.0 Å². The summed E-state index contributed by atoms with van der Waals surface area (Å²) in [5.41, 5.74) is 1.12. The van der Waals surface area contributed by atoms with Gasteiger partial charge in [-0.2, -0.15) is 0 Å². The van der Waals surface area contributed by atoms with Gasteiger partial charge in [0, 0.05) is 19.0 Å². The van der Waals surface area contributed by atoms with Crippen molar-refractivity contribution in [1.82, 2.24) is 5.32 Å². The second kappa shape index (κ2) is 4.54. The molecule has 0 amide bonds. The van der Waals surface area contributed by atoms with Crippen LogP contribution in [-0.4, -0.2) is 13.1 Å². The third-order valence-corrected chi connectivity index (χ3v) is 4.25. The van der Waals surface area contributed by atoms with Crippen molar-refractivity contribution in [3.63, 3.8) is 0 Å². The van der Waals surface area contributed by atoms with Crippen LogP contribution in [0.2, 0.25) is 0 Å². The number of hydrogen-bond acceptors (Lipinski definition) is 1. The largest absolute Gasteiger partial charge is 0.316 e. The number of rotatable bonds is 3. The third kappa shape index (κ3) is 1.75. The van der Waals surface area contributed by atoms with Gasteiger partial charge in [-0.15, -0.1) is 0 Å². The van der Waals surface area contributed by atoms with Crippen LogP contribution in [0, 0.1) is 11.2 Å². The monoisotopic (exact) mass is 221 g/mol. The molecule has 1 fully saturated rings. The van der Waals surface area contributed by atoms with Crippen molar-refractivity contribution < 1.29 is 4.39 Å². The predicted molar refractivity (Wildman–Crippen MR) is 65.0 cm³/mol. The summed E-state index contributed by atoms with van der Waals surface area (Å²) in [5, 5.41) is 3.42. The van der Waals surface area contributed by atoms with Crippen LogP contribution in [0.15, 0.2) is 24.3 Å². The molecular formula is C14H20FN. The quantitative estimate of drug-likeness (QED) is 0.825. The van der Waals surface area contributed by atoms with E-state index < -0.39 is 0 Å². The lowest BCUT2D eigenvalue weighted by Crippen LogP contribution is -2.27. The van der Waals surface area contributed by atoms with E-state index >= 15 is 0 Å². The molecule has 1 atom stereocenters. The molecule has 1 saturated heterocycles. The molecule has 0 aliphatic carbocycles. The fourth-order valence-corrected chi connectivity index (χ4v) is 3.00. The van der Waals surface area contributed by atoms with E-state index in [4.69, 9.17) is 0 Å². The van der Waals surface area contributed by atoms with E-state index in [0.717, 1.165) is 31.5 Å². The van der Waals surface area contributed by atoms with Crippen LogP contribution in [0.3, 0.4) is 0 Å². The van der Waals surface area contributed by atoms with E-state index in [9.17, 15) is 4.39 Å². The molecular weight excluding hydrogens is 201 g/mol. The van der Waals surface area contributed by atoms with Crippen LogP contribution in [0.5, 0.6) is 0 Å². The molecule has 88 valence electrons. The Bertz CT molecular complexity index is 358. The van der Waals surface area contributed by atoms with Crippen LogP contribution >= 0.6 is 0 Å². The molecule has 1 heterocycles. The molecule has 1 aliphatic rings. The van der Waals surface area contributed by atoms with Gasteiger partial charge in [-0.3, -0.25) is 0 Å². The summed E-state index contributed by atoms with van der Waals surface area (Å²) < 4.78 is 13.8. The smallest absolute Gasteiger partial charge is 0.126 e. The van der Waals surface area contributed by atoms with Gasteiger partial charge < -0.3 is 5.32 Å². The van der Waals surface area contributed by atoms with Crippen molar-refractivity contribution in [3.05, 3.63) is 35.6 Å². The first-order chi connectivity index (χ1) is 7.73. The fourth-order valence-electron chi connectivity index (χ4n) is 3.00. The Morgan fingerprint density at radius 3 is 2.62 bits per heavy atom. The molecule has 2 heteroatoms. The maximum Gasteiger partial charge on any atom is 0.126 e. The fraction of sp³-hybridized carbons (Fsp3) is 0.571. The SMILES string of the molecule is CCC1(CC)CNC[C@@H]1c1ccccc1F. The average molecular weight is 221 g/mol. The minimum atomic E-state index is -0.0533. The lowest BCUT2D eigenvalue weighted by Gasteiger charge is -2.33. The minimum Gasteiger partial charge on any atom is -0.316 e. The van der Waals surface area contributed by atoms with Crippen molar-refractivity contribution in [1.29, 1.82) is 0 Å². The highest BCUT2D eigenvalue weighted by molar-refractivity contribution is 5.26. The summed E-state index contributed by atoms with van der Waals surface area (Å²) in [6.07, 6.45) is 2.21. The zero-order valence-electron chi connectivity index (χ0n) is 10.1. The van der Waals surface area contributed by atoms with E-state index in [2.05, 4.69) is 19.2 Å². The molecule has 0 bridgehead atoms. The Morgan fingerprint density at radius 2 is 2.00 bits per heavy atom. The standard InChI is InChI=1S/C14H20FN/c1-3-14(4-2)10-16-9-12(14)11-7-5-6-8-13(11)15/h5-8,12,16H,3-4,9-10H2,1-2H3/t12-/m1/s1. The second-order valence-corrected chi connectivity index (χ2v) is 4.77. The molecule has 1 aromatic rings. The van der Waals surface area contributed by atoms with Gasteiger partial charge in [-0.05, 0) is 29.9 Å². The van der Waals surface area contributed by atoms with Gasteiger partial charge in [0.25, 0.3) is 0 Å². The van der Waals surface area contributed by atoms with Crippen LogP contribution in [0.25, 0.3) is 0 Å². The zero-order valence-corrected chi connectivity index (χ0v) is 10.1. The summed E-state index contributed by atoms with van der Waals surface area (Å²) in [6.45, 7) is 6.34. The van der Waals surface area contributed by atoms with Crippen LogP contribution in [0.4, 0.5) is 4.39 Å². The molecule has 0 radical (unpaired) electrons. The van der Waals surface area contributed by atoms with E-state index in [1.807, 2.05) is 12.1 Å². The zero-order chi connectivity index (χ0) is 11.6. The summed E-state index contributed by atoms with van der Waals surface area (Å²) >= 11 is 0. The highest BCUT2D eigenvalue weighted by Crippen LogP contribution is 2.44. The van der Waals surface area contributed by atoms with E-state index in [1.54, 1.807) is 12.1 Å². The van der Waals surface area contributed by atoms with Crippen molar-refractivity contribution in [2.24, 2.45) is 5.41 Å². The van der Waals surface area contributed by atoms with E-state index in [1.165, 1.54) is 0 Å². The number of halogens is 1. The summed E-state index contributed by atoms with van der Waals surface area (Å²) in [5.74, 6) is 0.270. The van der Waals surface area contributed by atoms with Crippen molar-refractivity contribution in [2.75, 3.05) is 13.1 Å². The van der Waals surface area contributed by atoms with Gasteiger partial charge >= 0.3 is 0 Å². The molecule has 2 rings (SSSR count). The minimum absolute atomic E-state index is 0.0533. The molecule has 0 spiro atoms. The first-order valence-electron chi connectivity index (χ1n) is 6.18. The Labute approximate surface area is 97.1 Å². The Morgan fingerprint density at radius 1 is 1.31 bits per heavy atom. The van der Waals surface area contributed by atoms with Gasteiger partial charge in [0.2, 0.25) is 0 Å². The maximum atomic E-state index is 13.8. The Balaban J connectivity index is 2.37. The summed E-state index contributed by atoms with van der Waals surface area (Å²) in [7, 11) is 0. The first kappa shape index (κ1) is 11.6. The molecule has 1 N–H and O–H groups in total. The Kier molecular flexibility index (Phi) is 3.29. The van der Waals surface area contributed by atoms with Gasteiger partial charge in [0.05, 0.1) is 0 Å². The lowest BCUT2D eigenvalue weighted by molar-refractivity contribution is 0.256. The highest BCUT2D eigenvalue weighted by Gasteiger charge is 2.41. The predicted octanol–water partition coefficient (Wildman–Crippen LogP) is 3.32. The van der Waals surface area contributed by atoms with Crippen LogP contribution < -0.4 is 5.32 Å². The second-order valence-electron chi connectivity index (χ2n) is 4.77. The number of nitrogens with one attached hydrogen (secondary N) is 1.